The molecular weight excluding hydrogens is 272 g/mol. The predicted octanol–water partition coefficient (Wildman–Crippen LogP) is 3.57. The molecule has 0 spiro atoms. The minimum atomic E-state index is -0.561. The van der Waals surface area contributed by atoms with Crippen LogP contribution in [0.4, 0.5) is 20.3 Å². The standard InChI is InChI=1S/C16H17F2N3/c17-13-7-12(8-14(18)9-13)10-19-15-3-4-16(20-11-15)21-5-1-2-6-21/h3-4,7-9,11,19H,1-2,5-6,10H2. The Morgan fingerprint density at radius 3 is 2.38 bits per heavy atom. The molecule has 0 atom stereocenters. The second kappa shape index (κ2) is 6.08. The second-order valence-corrected chi connectivity index (χ2v) is 5.23. The Kier molecular flexibility index (Phi) is 3.99. The monoisotopic (exact) mass is 289 g/mol. The van der Waals surface area contributed by atoms with E-state index in [1.54, 1.807) is 6.20 Å². The molecule has 3 rings (SSSR count). The van der Waals surface area contributed by atoms with Crippen molar-refractivity contribution in [3.05, 3.63) is 53.7 Å². The zero-order valence-corrected chi connectivity index (χ0v) is 11.6. The molecule has 1 saturated heterocycles. The van der Waals surface area contributed by atoms with Crippen LogP contribution in [0.5, 0.6) is 0 Å². The van der Waals surface area contributed by atoms with E-state index in [0.717, 1.165) is 30.7 Å². The number of aromatic nitrogens is 1. The Morgan fingerprint density at radius 2 is 1.76 bits per heavy atom. The maximum absolute atomic E-state index is 13.1. The zero-order valence-electron chi connectivity index (χ0n) is 11.6. The number of rotatable bonds is 4. The molecule has 0 radical (unpaired) electrons. The number of nitrogens with one attached hydrogen (secondary N) is 1. The molecule has 1 N–H and O–H groups in total. The molecule has 0 unspecified atom stereocenters. The summed E-state index contributed by atoms with van der Waals surface area (Å²) in [6.07, 6.45) is 4.18. The summed E-state index contributed by atoms with van der Waals surface area (Å²) in [5.41, 5.74) is 1.40. The summed E-state index contributed by atoms with van der Waals surface area (Å²) in [7, 11) is 0. The number of halogens is 2. The van der Waals surface area contributed by atoms with E-state index in [4.69, 9.17) is 0 Å². The summed E-state index contributed by atoms with van der Waals surface area (Å²) in [4.78, 5) is 6.68. The molecule has 0 bridgehead atoms. The van der Waals surface area contributed by atoms with Crippen LogP contribution in [0.15, 0.2) is 36.5 Å². The molecule has 110 valence electrons. The molecule has 2 aromatic rings. The van der Waals surface area contributed by atoms with Crippen molar-refractivity contribution in [3.63, 3.8) is 0 Å². The summed E-state index contributed by atoms with van der Waals surface area (Å²) >= 11 is 0. The van der Waals surface area contributed by atoms with E-state index in [0.29, 0.717) is 12.1 Å². The lowest BCUT2D eigenvalue weighted by atomic mass is 10.2. The van der Waals surface area contributed by atoms with Gasteiger partial charge in [-0.25, -0.2) is 13.8 Å². The van der Waals surface area contributed by atoms with E-state index in [-0.39, 0.29) is 0 Å². The summed E-state index contributed by atoms with van der Waals surface area (Å²) < 4.78 is 26.2. The van der Waals surface area contributed by atoms with E-state index in [1.165, 1.54) is 25.0 Å². The van der Waals surface area contributed by atoms with Crippen molar-refractivity contribution >= 4 is 11.5 Å². The van der Waals surface area contributed by atoms with Gasteiger partial charge in [0.1, 0.15) is 17.5 Å². The Labute approximate surface area is 122 Å². The molecule has 1 aliphatic rings. The first-order chi connectivity index (χ1) is 10.2. The molecule has 1 aromatic carbocycles. The fraction of sp³-hybridized carbons (Fsp3) is 0.312. The van der Waals surface area contributed by atoms with Gasteiger partial charge in [0.05, 0.1) is 11.9 Å². The van der Waals surface area contributed by atoms with Crippen LogP contribution in [0.3, 0.4) is 0 Å². The molecule has 0 amide bonds. The molecule has 5 heteroatoms. The fourth-order valence-electron chi connectivity index (χ4n) is 2.54. The van der Waals surface area contributed by atoms with Crippen molar-refractivity contribution in [3.8, 4) is 0 Å². The van der Waals surface area contributed by atoms with Crippen LogP contribution in [0, 0.1) is 11.6 Å². The van der Waals surface area contributed by atoms with Gasteiger partial charge >= 0.3 is 0 Å². The molecule has 0 saturated carbocycles. The van der Waals surface area contributed by atoms with Gasteiger partial charge in [-0.05, 0) is 42.7 Å². The van der Waals surface area contributed by atoms with Crippen molar-refractivity contribution in [2.24, 2.45) is 0 Å². The minimum absolute atomic E-state index is 0.361. The molecule has 1 fully saturated rings. The van der Waals surface area contributed by atoms with Gasteiger partial charge in [0.2, 0.25) is 0 Å². The maximum Gasteiger partial charge on any atom is 0.128 e. The van der Waals surface area contributed by atoms with E-state index in [2.05, 4.69) is 15.2 Å². The summed E-state index contributed by atoms with van der Waals surface area (Å²) in [6.45, 7) is 2.48. The highest BCUT2D eigenvalue weighted by Gasteiger charge is 2.12. The number of benzene rings is 1. The average molecular weight is 289 g/mol. The number of pyridine rings is 1. The van der Waals surface area contributed by atoms with Crippen molar-refractivity contribution < 1.29 is 8.78 Å². The van der Waals surface area contributed by atoms with Gasteiger partial charge < -0.3 is 10.2 Å². The van der Waals surface area contributed by atoms with Crippen LogP contribution in [-0.4, -0.2) is 18.1 Å². The van der Waals surface area contributed by atoms with E-state index in [9.17, 15) is 8.78 Å². The van der Waals surface area contributed by atoms with Gasteiger partial charge in [-0.2, -0.15) is 0 Å². The Hall–Kier alpha value is -2.17. The quantitative estimate of drug-likeness (QED) is 0.932. The predicted molar refractivity (Wildman–Crippen MR) is 79.4 cm³/mol. The third-order valence-corrected chi connectivity index (χ3v) is 3.60. The number of nitrogens with zero attached hydrogens (tertiary/aromatic N) is 2. The molecule has 0 aliphatic carbocycles. The first kappa shape index (κ1) is 13.8. The molecule has 2 heterocycles. The average Bonchev–Trinajstić information content (AvgIpc) is 2.99. The number of hydrogen-bond acceptors (Lipinski definition) is 3. The third-order valence-electron chi connectivity index (χ3n) is 3.60. The van der Waals surface area contributed by atoms with Crippen LogP contribution in [0.2, 0.25) is 0 Å². The zero-order chi connectivity index (χ0) is 14.7. The first-order valence-corrected chi connectivity index (χ1v) is 7.10. The minimum Gasteiger partial charge on any atom is -0.380 e. The van der Waals surface area contributed by atoms with E-state index in [1.807, 2.05) is 12.1 Å². The smallest absolute Gasteiger partial charge is 0.128 e. The van der Waals surface area contributed by atoms with Crippen molar-refractivity contribution in [2.45, 2.75) is 19.4 Å². The van der Waals surface area contributed by atoms with Crippen molar-refractivity contribution in [1.29, 1.82) is 0 Å². The van der Waals surface area contributed by atoms with Crippen LogP contribution >= 0.6 is 0 Å². The molecule has 1 aromatic heterocycles. The highest BCUT2D eigenvalue weighted by Crippen LogP contribution is 2.19. The van der Waals surface area contributed by atoms with Crippen LogP contribution in [0.1, 0.15) is 18.4 Å². The van der Waals surface area contributed by atoms with Crippen molar-refractivity contribution in [1.82, 2.24) is 4.98 Å². The molecule has 1 aliphatic heterocycles. The Balaban J connectivity index is 1.62. The van der Waals surface area contributed by atoms with Gasteiger partial charge in [0, 0.05) is 25.7 Å². The fourth-order valence-corrected chi connectivity index (χ4v) is 2.54. The van der Waals surface area contributed by atoms with Gasteiger partial charge in [0.25, 0.3) is 0 Å². The van der Waals surface area contributed by atoms with Crippen LogP contribution in [0.25, 0.3) is 0 Å². The summed E-state index contributed by atoms with van der Waals surface area (Å²) in [5.74, 6) is -0.140. The Bertz CT molecular complexity index is 587. The van der Waals surface area contributed by atoms with Crippen LogP contribution < -0.4 is 10.2 Å². The highest BCUT2D eigenvalue weighted by molar-refractivity contribution is 5.49. The lowest BCUT2D eigenvalue weighted by Crippen LogP contribution is -2.18. The van der Waals surface area contributed by atoms with Crippen molar-refractivity contribution in [2.75, 3.05) is 23.3 Å². The number of hydrogen-bond donors (Lipinski definition) is 1. The summed E-state index contributed by atoms with van der Waals surface area (Å²) in [5, 5.41) is 3.12. The maximum atomic E-state index is 13.1. The molecular formula is C16H17F2N3. The largest absolute Gasteiger partial charge is 0.380 e. The topological polar surface area (TPSA) is 28.2 Å². The lowest BCUT2D eigenvalue weighted by molar-refractivity contribution is 0.580. The SMILES string of the molecule is Fc1cc(F)cc(CNc2ccc(N3CCCC3)nc2)c1. The number of anilines is 2. The van der Waals surface area contributed by atoms with Gasteiger partial charge in [-0.3, -0.25) is 0 Å². The normalized spacial score (nSPS) is 14.5. The van der Waals surface area contributed by atoms with Gasteiger partial charge in [0.15, 0.2) is 0 Å². The lowest BCUT2D eigenvalue weighted by Gasteiger charge is -2.16. The van der Waals surface area contributed by atoms with E-state index >= 15 is 0 Å². The van der Waals surface area contributed by atoms with Gasteiger partial charge in [-0.15, -0.1) is 0 Å². The Morgan fingerprint density at radius 1 is 1.05 bits per heavy atom. The molecule has 3 nitrogen and oxygen atoms in total. The van der Waals surface area contributed by atoms with Crippen LogP contribution in [-0.2, 0) is 6.54 Å². The third kappa shape index (κ3) is 3.48. The van der Waals surface area contributed by atoms with E-state index < -0.39 is 11.6 Å². The summed E-state index contributed by atoms with van der Waals surface area (Å²) in [6, 6.07) is 7.43. The first-order valence-electron chi connectivity index (χ1n) is 7.10. The second-order valence-electron chi connectivity index (χ2n) is 5.23. The molecule has 21 heavy (non-hydrogen) atoms. The van der Waals surface area contributed by atoms with Gasteiger partial charge in [-0.1, -0.05) is 0 Å². The highest BCUT2D eigenvalue weighted by atomic mass is 19.1.